The van der Waals surface area contributed by atoms with Gasteiger partial charge in [-0.3, -0.25) is 9.98 Å². The van der Waals surface area contributed by atoms with Crippen LogP contribution in [0.4, 0.5) is 11.4 Å². The molecule has 0 atom stereocenters. The molecule has 3 rings (SSSR count). The van der Waals surface area contributed by atoms with Crippen molar-refractivity contribution in [2.24, 2.45) is 9.98 Å². The minimum absolute atomic E-state index is 0.0669. The van der Waals surface area contributed by atoms with Gasteiger partial charge in [0.05, 0.1) is 0 Å². The summed E-state index contributed by atoms with van der Waals surface area (Å²) in [7, 11) is 0. The summed E-state index contributed by atoms with van der Waals surface area (Å²) >= 11 is 0. The van der Waals surface area contributed by atoms with Gasteiger partial charge in [-0.25, -0.2) is 0 Å². The molecule has 0 amide bonds. The molecule has 130 valence electrons. The van der Waals surface area contributed by atoms with Gasteiger partial charge in [0.1, 0.15) is 28.6 Å². The van der Waals surface area contributed by atoms with Crippen LogP contribution in [0.15, 0.2) is 70.6 Å². The van der Waals surface area contributed by atoms with E-state index in [-0.39, 0.29) is 17.2 Å². The van der Waals surface area contributed by atoms with Crippen molar-refractivity contribution in [1.82, 2.24) is 0 Å². The first-order valence-electron chi connectivity index (χ1n) is 8.02. The molecule has 26 heavy (non-hydrogen) atoms. The van der Waals surface area contributed by atoms with Gasteiger partial charge in [0.25, 0.3) is 0 Å². The van der Waals surface area contributed by atoms with Crippen molar-refractivity contribution in [2.75, 3.05) is 0 Å². The van der Waals surface area contributed by atoms with Crippen LogP contribution in [0.3, 0.4) is 0 Å². The number of rotatable bonds is 4. The minimum Gasteiger partial charge on any atom is -0.507 e. The van der Waals surface area contributed by atoms with Crippen LogP contribution >= 0.6 is 0 Å². The van der Waals surface area contributed by atoms with Crippen molar-refractivity contribution < 1.29 is 15.3 Å². The fourth-order valence-electron chi connectivity index (χ4n) is 2.44. The van der Waals surface area contributed by atoms with Gasteiger partial charge in [-0.2, -0.15) is 0 Å². The van der Waals surface area contributed by atoms with Crippen LogP contribution in [-0.4, -0.2) is 27.7 Å². The van der Waals surface area contributed by atoms with E-state index in [1.54, 1.807) is 73.8 Å². The SMILES string of the molecule is Cc1cc(C=Nc2ccccc2O)cc(C=Nc2ccccc2O)c1O. The number of para-hydroxylation sites is 4. The van der Waals surface area contributed by atoms with Crippen molar-refractivity contribution in [3.63, 3.8) is 0 Å². The van der Waals surface area contributed by atoms with E-state index in [0.29, 0.717) is 22.5 Å². The van der Waals surface area contributed by atoms with Gasteiger partial charge in [0, 0.05) is 18.0 Å². The van der Waals surface area contributed by atoms with Crippen molar-refractivity contribution in [2.45, 2.75) is 6.92 Å². The monoisotopic (exact) mass is 346 g/mol. The molecule has 0 spiro atoms. The molecule has 0 unspecified atom stereocenters. The highest BCUT2D eigenvalue weighted by atomic mass is 16.3. The highest BCUT2D eigenvalue weighted by Gasteiger charge is 2.06. The zero-order valence-electron chi connectivity index (χ0n) is 14.2. The second kappa shape index (κ2) is 7.53. The fourth-order valence-corrected chi connectivity index (χ4v) is 2.44. The summed E-state index contributed by atoms with van der Waals surface area (Å²) in [6, 6.07) is 17.0. The van der Waals surface area contributed by atoms with Crippen LogP contribution in [-0.2, 0) is 0 Å². The first-order chi connectivity index (χ1) is 12.5. The Labute approximate surface area is 151 Å². The zero-order chi connectivity index (χ0) is 18.5. The highest BCUT2D eigenvalue weighted by Crippen LogP contribution is 2.28. The second-order valence-corrected chi connectivity index (χ2v) is 5.77. The molecule has 5 nitrogen and oxygen atoms in total. The number of hydrogen-bond acceptors (Lipinski definition) is 5. The van der Waals surface area contributed by atoms with Crippen LogP contribution in [0.25, 0.3) is 0 Å². The maximum Gasteiger partial charge on any atom is 0.141 e. The number of aromatic hydroxyl groups is 3. The summed E-state index contributed by atoms with van der Waals surface area (Å²) in [5.74, 6) is 0.279. The molecule has 0 heterocycles. The van der Waals surface area contributed by atoms with E-state index in [0.717, 1.165) is 5.56 Å². The average Bonchev–Trinajstić information content (AvgIpc) is 2.63. The molecular formula is C21H18N2O3. The van der Waals surface area contributed by atoms with Gasteiger partial charge in [-0.15, -0.1) is 0 Å². The van der Waals surface area contributed by atoms with Crippen molar-refractivity contribution >= 4 is 23.8 Å². The predicted octanol–water partition coefficient (Wildman–Crippen LogP) is 4.61. The summed E-state index contributed by atoms with van der Waals surface area (Å²) in [5.41, 5.74) is 2.81. The lowest BCUT2D eigenvalue weighted by atomic mass is 10.1. The number of phenolic OH excluding ortho intramolecular Hbond substituents is 3. The molecule has 0 aliphatic rings. The summed E-state index contributed by atoms with van der Waals surface area (Å²) in [5, 5.41) is 29.8. The molecule has 0 bridgehead atoms. The number of aryl methyl sites for hydroxylation is 1. The van der Waals surface area contributed by atoms with E-state index >= 15 is 0 Å². The molecule has 0 radical (unpaired) electrons. The Morgan fingerprint density at radius 1 is 0.731 bits per heavy atom. The van der Waals surface area contributed by atoms with Gasteiger partial charge >= 0.3 is 0 Å². The average molecular weight is 346 g/mol. The van der Waals surface area contributed by atoms with Gasteiger partial charge in [0.15, 0.2) is 0 Å². The van der Waals surface area contributed by atoms with Crippen LogP contribution in [0.5, 0.6) is 17.2 Å². The number of aliphatic imine (C=N–C) groups is 2. The smallest absolute Gasteiger partial charge is 0.141 e. The predicted molar refractivity (Wildman–Crippen MR) is 104 cm³/mol. The molecule has 3 aromatic carbocycles. The van der Waals surface area contributed by atoms with E-state index < -0.39 is 0 Å². The lowest BCUT2D eigenvalue weighted by Crippen LogP contribution is -1.91. The van der Waals surface area contributed by atoms with Gasteiger partial charge < -0.3 is 15.3 Å². The third-order valence-corrected chi connectivity index (χ3v) is 3.81. The largest absolute Gasteiger partial charge is 0.507 e. The Morgan fingerprint density at radius 2 is 1.27 bits per heavy atom. The Kier molecular flexibility index (Phi) is 4.99. The normalized spacial score (nSPS) is 11.4. The van der Waals surface area contributed by atoms with Gasteiger partial charge in [-0.1, -0.05) is 24.3 Å². The molecular weight excluding hydrogens is 328 g/mol. The number of phenols is 3. The van der Waals surface area contributed by atoms with Crippen molar-refractivity contribution in [3.8, 4) is 17.2 Å². The lowest BCUT2D eigenvalue weighted by Gasteiger charge is -2.06. The standard InChI is InChI=1S/C21H18N2O3/c1-14-10-15(12-22-17-6-2-4-8-19(17)24)11-16(21(14)26)13-23-18-7-3-5-9-20(18)25/h2-13,24-26H,1H3. The fraction of sp³-hybridized carbons (Fsp3) is 0.0476. The molecule has 0 aliphatic heterocycles. The molecule has 5 heteroatoms. The van der Waals surface area contributed by atoms with E-state index in [1.165, 1.54) is 6.21 Å². The summed E-state index contributed by atoms with van der Waals surface area (Å²) < 4.78 is 0. The maximum atomic E-state index is 10.3. The number of benzene rings is 3. The van der Waals surface area contributed by atoms with Crippen molar-refractivity contribution in [1.29, 1.82) is 0 Å². The Morgan fingerprint density at radius 3 is 1.85 bits per heavy atom. The molecule has 0 saturated heterocycles. The zero-order valence-corrected chi connectivity index (χ0v) is 14.2. The summed E-state index contributed by atoms with van der Waals surface area (Å²) in [4.78, 5) is 8.51. The minimum atomic E-state index is 0.0669. The molecule has 0 aromatic heterocycles. The summed E-state index contributed by atoms with van der Waals surface area (Å²) in [6.07, 6.45) is 3.10. The quantitative estimate of drug-likeness (QED) is 0.603. The van der Waals surface area contributed by atoms with Gasteiger partial charge in [0.2, 0.25) is 0 Å². The third kappa shape index (κ3) is 3.89. The highest BCUT2D eigenvalue weighted by molar-refractivity contribution is 5.91. The van der Waals surface area contributed by atoms with E-state index in [9.17, 15) is 15.3 Å². The van der Waals surface area contributed by atoms with E-state index in [1.807, 2.05) is 0 Å². The van der Waals surface area contributed by atoms with Crippen LogP contribution in [0, 0.1) is 6.92 Å². The topological polar surface area (TPSA) is 85.4 Å². The van der Waals surface area contributed by atoms with Crippen LogP contribution in [0.1, 0.15) is 16.7 Å². The lowest BCUT2D eigenvalue weighted by molar-refractivity contribution is 0.470. The first-order valence-corrected chi connectivity index (χ1v) is 8.02. The van der Waals surface area contributed by atoms with E-state index in [4.69, 9.17) is 0 Å². The second-order valence-electron chi connectivity index (χ2n) is 5.77. The molecule has 0 saturated carbocycles. The molecule has 0 aliphatic carbocycles. The van der Waals surface area contributed by atoms with Gasteiger partial charge in [-0.05, 0) is 54.4 Å². The molecule has 3 aromatic rings. The summed E-state index contributed by atoms with van der Waals surface area (Å²) in [6.45, 7) is 1.78. The molecule has 0 fully saturated rings. The Hall–Kier alpha value is -3.60. The third-order valence-electron chi connectivity index (χ3n) is 3.81. The number of nitrogens with zero attached hydrogens (tertiary/aromatic N) is 2. The van der Waals surface area contributed by atoms with Crippen LogP contribution < -0.4 is 0 Å². The van der Waals surface area contributed by atoms with Crippen molar-refractivity contribution in [3.05, 3.63) is 77.4 Å². The van der Waals surface area contributed by atoms with Crippen LogP contribution in [0.2, 0.25) is 0 Å². The Balaban J connectivity index is 1.92. The molecule has 3 N–H and O–H groups in total. The van der Waals surface area contributed by atoms with E-state index in [2.05, 4.69) is 9.98 Å². The maximum absolute atomic E-state index is 10.3. The Bertz CT molecular complexity index is 994. The number of hydrogen-bond donors (Lipinski definition) is 3. The first kappa shape index (κ1) is 17.2.